The molecule has 0 saturated heterocycles. The molecule has 0 aliphatic rings. The van der Waals surface area contributed by atoms with Crippen LogP contribution in [0.2, 0.25) is 0 Å². The summed E-state index contributed by atoms with van der Waals surface area (Å²) in [7, 11) is 0. The van der Waals surface area contributed by atoms with Gasteiger partial charge in [0.15, 0.2) is 0 Å². The van der Waals surface area contributed by atoms with Crippen molar-refractivity contribution in [1.29, 1.82) is 0 Å². The number of H-pyrrole nitrogens is 1. The summed E-state index contributed by atoms with van der Waals surface area (Å²) in [6.45, 7) is 2.22. The third-order valence-electron chi connectivity index (χ3n) is 2.83. The Morgan fingerprint density at radius 1 is 1.20 bits per heavy atom. The van der Waals surface area contributed by atoms with Crippen LogP contribution in [0.5, 0.6) is 0 Å². The molecule has 0 saturated carbocycles. The van der Waals surface area contributed by atoms with Gasteiger partial charge in [-0.15, -0.1) is 0 Å². The SMILES string of the molecule is CCC(=O)Nc1cccc(C(=O)NCc2ccc[nH]2)c1. The Hall–Kier alpha value is -2.56. The highest BCUT2D eigenvalue weighted by molar-refractivity contribution is 5.97. The first-order chi connectivity index (χ1) is 9.69. The third kappa shape index (κ3) is 3.71. The number of amides is 2. The number of anilines is 1. The van der Waals surface area contributed by atoms with Crippen molar-refractivity contribution in [2.45, 2.75) is 19.9 Å². The predicted octanol–water partition coefficient (Wildman–Crippen LogP) is 2.29. The van der Waals surface area contributed by atoms with Crippen LogP contribution in [0.25, 0.3) is 0 Å². The van der Waals surface area contributed by atoms with Gasteiger partial charge in [0.05, 0.1) is 6.54 Å². The maximum Gasteiger partial charge on any atom is 0.251 e. The van der Waals surface area contributed by atoms with Crippen molar-refractivity contribution in [1.82, 2.24) is 10.3 Å². The van der Waals surface area contributed by atoms with Crippen LogP contribution in [0.15, 0.2) is 42.6 Å². The Kier molecular flexibility index (Phi) is 4.55. The van der Waals surface area contributed by atoms with Gasteiger partial charge < -0.3 is 15.6 Å². The van der Waals surface area contributed by atoms with Crippen molar-refractivity contribution in [2.75, 3.05) is 5.32 Å². The standard InChI is InChI=1S/C15H17N3O2/c1-2-14(19)18-12-6-3-5-11(9-12)15(20)17-10-13-7-4-8-16-13/h3-9,16H,2,10H2,1H3,(H,17,20)(H,18,19). The zero-order chi connectivity index (χ0) is 14.4. The zero-order valence-electron chi connectivity index (χ0n) is 11.3. The molecule has 0 unspecified atom stereocenters. The van der Waals surface area contributed by atoms with E-state index in [0.717, 1.165) is 5.69 Å². The highest BCUT2D eigenvalue weighted by Gasteiger charge is 2.07. The molecule has 104 valence electrons. The summed E-state index contributed by atoms with van der Waals surface area (Å²) in [5.41, 5.74) is 2.09. The van der Waals surface area contributed by atoms with Crippen molar-refractivity contribution < 1.29 is 9.59 Å². The zero-order valence-corrected chi connectivity index (χ0v) is 11.3. The Morgan fingerprint density at radius 3 is 2.75 bits per heavy atom. The topological polar surface area (TPSA) is 74.0 Å². The molecule has 3 N–H and O–H groups in total. The molecule has 1 aromatic heterocycles. The molecule has 1 aromatic carbocycles. The van der Waals surface area contributed by atoms with Gasteiger partial charge in [-0.2, -0.15) is 0 Å². The molecule has 20 heavy (non-hydrogen) atoms. The van der Waals surface area contributed by atoms with Gasteiger partial charge in [0.2, 0.25) is 5.91 Å². The average molecular weight is 271 g/mol. The number of carbonyl (C=O) groups is 2. The molecular weight excluding hydrogens is 254 g/mol. The van der Waals surface area contributed by atoms with Gasteiger partial charge in [-0.1, -0.05) is 13.0 Å². The van der Waals surface area contributed by atoms with E-state index in [4.69, 9.17) is 0 Å². The summed E-state index contributed by atoms with van der Waals surface area (Å²) in [5.74, 6) is -0.249. The first-order valence-corrected chi connectivity index (χ1v) is 6.49. The van der Waals surface area contributed by atoms with Crippen molar-refractivity contribution >= 4 is 17.5 Å². The second-order valence-corrected chi connectivity index (χ2v) is 4.36. The summed E-state index contributed by atoms with van der Waals surface area (Å²) in [4.78, 5) is 26.4. The maximum absolute atomic E-state index is 12.0. The van der Waals surface area contributed by atoms with E-state index in [9.17, 15) is 9.59 Å². The molecule has 0 fully saturated rings. The van der Waals surface area contributed by atoms with Gasteiger partial charge in [-0.25, -0.2) is 0 Å². The first kappa shape index (κ1) is 13.9. The van der Waals surface area contributed by atoms with E-state index in [0.29, 0.717) is 24.2 Å². The largest absolute Gasteiger partial charge is 0.364 e. The van der Waals surface area contributed by atoms with Gasteiger partial charge in [0.1, 0.15) is 0 Å². The van der Waals surface area contributed by atoms with Crippen molar-refractivity contribution in [2.24, 2.45) is 0 Å². The van der Waals surface area contributed by atoms with E-state index in [1.54, 1.807) is 31.2 Å². The molecule has 2 amide bonds. The van der Waals surface area contributed by atoms with Crippen LogP contribution >= 0.6 is 0 Å². The second-order valence-electron chi connectivity index (χ2n) is 4.36. The van der Waals surface area contributed by atoms with E-state index in [1.807, 2.05) is 18.3 Å². The molecule has 0 radical (unpaired) electrons. The molecule has 0 atom stereocenters. The molecule has 0 aliphatic heterocycles. The monoisotopic (exact) mass is 271 g/mol. The highest BCUT2D eigenvalue weighted by atomic mass is 16.2. The van der Waals surface area contributed by atoms with Crippen molar-refractivity contribution in [3.8, 4) is 0 Å². The lowest BCUT2D eigenvalue weighted by atomic mass is 10.2. The van der Waals surface area contributed by atoms with Gasteiger partial charge in [0.25, 0.3) is 5.91 Å². The smallest absolute Gasteiger partial charge is 0.251 e. The number of aromatic amines is 1. The Morgan fingerprint density at radius 2 is 2.05 bits per heavy atom. The number of benzene rings is 1. The third-order valence-corrected chi connectivity index (χ3v) is 2.83. The maximum atomic E-state index is 12.0. The normalized spacial score (nSPS) is 10.1. The summed E-state index contributed by atoms with van der Waals surface area (Å²) in [6.07, 6.45) is 2.21. The Labute approximate surface area is 117 Å². The molecule has 0 bridgehead atoms. The summed E-state index contributed by atoms with van der Waals surface area (Å²) in [6, 6.07) is 10.7. The Bertz CT molecular complexity index is 591. The minimum Gasteiger partial charge on any atom is -0.364 e. The minimum atomic E-state index is -0.174. The summed E-state index contributed by atoms with van der Waals surface area (Å²) in [5, 5.41) is 5.54. The van der Waals surface area contributed by atoms with E-state index >= 15 is 0 Å². The van der Waals surface area contributed by atoms with Crippen LogP contribution in [-0.2, 0) is 11.3 Å². The number of aromatic nitrogens is 1. The van der Waals surface area contributed by atoms with Crippen LogP contribution in [0.3, 0.4) is 0 Å². The number of carbonyl (C=O) groups excluding carboxylic acids is 2. The van der Waals surface area contributed by atoms with E-state index in [2.05, 4.69) is 15.6 Å². The molecule has 1 heterocycles. The van der Waals surface area contributed by atoms with Crippen LogP contribution in [0.4, 0.5) is 5.69 Å². The fourth-order valence-electron chi connectivity index (χ4n) is 1.74. The van der Waals surface area contributed by atoms with E-state index < -0.39 is 0 Å². The minimum absolute atomic E-state index is 0.0751. The fraction of sp³-hybridized carbons (Fsp3) is 0.200. The summed E-state index contributed by atoms with van der Waals surface area (Å²) >= 11 is 0. The van der Waals surface area contributed by atoms with Gasteiger partial charge in [0, 0.05) is 29.6 Å². The van der Waals surface area contributed by atoms with Crippen molar-refractivity contribution in [3.63, 3.8) is 0 Å². The Balaban J connectivity index is 1.98. The highest BCUT2D eigenvalue weighted by Crippen LogP contribution is 2.11. The molecule has 0 aliphatic carbocycles. The van der Waals surface area contributed by atoms with Gasteiger partial charge in [-0.3, -0.25) is 9.59 Å². The average Bonchev–Trinajstić information content (AvgIpc) is 2.98. The molecule has 2 aromatic rings. The predicted molar refractivity (Wildman–Crippen MR) is 77.3 cm³/mol. The molecule has 0 spiro atoms. The first-order valence-electron chi connectivity index (χ1n) is 6.49. The van der Waals surface area contributed by atoms with Gasteiger partial charge in [-0.05, 0) is 30.3 Å². The number of nitrogens with one attached hydrogen (secondary N) is 3. The number of hydrogen-bond donors (Lipinski definition) is 3. The van der Waals surface area contributed by atoms with Crippen LogP contribution in [0.1, 0.15) is 29.4 Å². The molecule has 2 rings (SSSR count). The molecule has 5 heteroatoms. The van der Waals surface area contributed by atoms with Crippen LogP contribution < -0.4 is 10.6 Å². The van der Waals surface area contributed by atoms with Gasteiger partial charge >= 0.3 is 0 Å². The van der Waals surface area contributed by atoms with E-state index in [-0.39, 0.29) is 11.8 Å². The fourth-order valence-corrected chi connectivity index (χ4v) is 1.74. The number of rotatable bonds is 5. The molecular formula is C15H17N3O2. The van der Waals surface area contributed by atoms with E-state index in [1.165, 1.54) is 0 Å². The van der Waals surface area contributed by atoms with Crippen LogP contribution in [-0.4, -0.2) is 16.8 Å². The summed E-state index contributed by atoms with van der Waals surface area (Å²) < 4.78 is 0. The lowest BCUT2D eigenvalue weighted by Crippen LogP contribution is -2.23. The van der Waals surface area contributed by atoms with Crippen molar-refractivity contribution in [3.05, 3.63) is 53.9 Å². The van der Waals surface area contributed by atoms with Crippen LogP contribution in [0, 0.1) is 0 Å². The lowest BCUT2D eigenvalue weighted by molar-refractivity contribution is -0.115. The lowest BCUT2D eigenvalue weighted by Gasteiger charge is -2.07. The second kappa shape index (κ2) is 6.56. The molecule has 5 nitrogen and oxygen atoms in total. The quantitative estimate of drug-likeness (QED) is 0.780. The number of hydrogen-bond acceptors (Lipinski definition) is 2.